The van der Waals surface area contributed by atoms with Crippen molar-refractivity contribution < 1.29 is 9.53 Å². The lowest BCUT2D eigenvalue weighted by molar-refractivity contribution is 0.0470. The van der Waals surface area contributed by atoms with Crippen molar-refractivity contribution in [1.82, 2.24) is 15.0 Å². The van der Waals surface area contributed by atoms with Gasteiger partial charge in [-0.2, -0.15) is 0 Å². The average Bonchev–Trinajstić information content (AvgIpc) is 2.43. The molecule has 0 aliphatic carbocycles. The Morgan fingerprint density at radius 2 is 2.11 bits per heavy atom. The third kappa shape index (κ3) is 2.97. The summed E-state index contributed by atoms with van der Waals surface area (Å²) in [6, 6.07) is 0. The van der Waals surface area contributed by atoms with Crippen LogP contribution in [0.25, 0.3) is 0 Å². The predicted molar refractivity (Wildman–Crippen MR) is 68.0 cm³/mol. The van der Waals surface area contributed by atoms with Crippen molar-refractivity contribution >= 4 is 17.6 Å². The third-order valence-electron chi connectivity index (χ3n) is 2.41. The largest absolute Gasteiger partial charge is 0.457 e. The zero-order chi connectivity index (χ0) is 13.8. The van der Waals surface area contributed by atoms with Crippen molar-refractivity contribution in [2.75, 3.05) is 0 Å². The number of H-pyrrole nitrogens is 1. The van der Waals surface area contributed by atoms with Gasteiger partial charge >= 0.3 is 5.97 Å². The van der Waals surface area contributed by atoms with E-state index >= 15 is 0 Å². The fourth-order valence-corrected chi connectivity index (χ4v) is 1.54. The number of ether oxygens (including phenoxy) is 1. The predicted octanol–water partition coefficient (Wildman–Crippen LogP) is 1.48. The van der Waals surface area contributed by atoms with Crippen LogP contribution in [0.5, 0.6) is 0 Å². The Kier molecular flexibility index (Phi) is 3.91. The van der Waals surface area contributed by atoms with Crippen molar-refractivity contribution in [3.05, 3.63) is 57.0 Å². The number of aryl methyl sites for hydroxylation is 1. The van der Waals surface area contributed by atoms with E-state index in [1.807, 2.05) is 0 Å². The van der Waals surface area contributed by atoms with Gasteiger partial charge in [0.25, 0.3) is 0 Å². The van der Waals surface area contributed by atoms with E-state index in [4.69, 9.17) is 16.3 Å². The van der Waals surface area contributed by atoms with Crippen molar-refractivity contribution in [2.45, 2.75) is 13.5 Å². The first-order chi connectivity index (χ1) is 9.09. The lowest BCUT2D eigenvalue weighted by Gasteiger charge is -2.05. The summed E-state index contributed by atoms with van der Waals surface area (Å²) < 4.78 is 4.99. The number of esters is 1. The number of aromatic nitrogens is 3. The van der Waals surface area contributed by atoms with E-state index in [1.165, 1.54) is 24.9 Å². The normalized spacial score (nSPS) is 10.2. The standard InChI is InChI=1S/C12H10ClN3O3/c1-7-10(13)11(17)9(4-16-7)12(18)19-5-8-2-14-6-15-3-8/h2-4,6H,5H2,1H3,(H,16,17). The van der Waals surface area contributed by atoms with Gasteiger partial charge in [-0.1, -0.05) is 11.6 Å². The van der Waals surface area contributed by atoms with Crippen LogP contribution >= 0.6 is 11.6 Å². The van der Waals surface area contributed by atoms with E-state index in [2.05, 4.69) is 15.0 Å². The van der Waals surface area contributed by atoms with Gasteiger partial charge in [-0.05, 0) is 6.92 Å². The Labute approximate surface area is 113 Å². The van der Waals surface area contributed by atoms with Crippen molar-refractivity contribution in [1.29, 1.82) is 0 Å². The van der Waals surface area contributed by atoms with Crippen LogP contribution in [0.4, 0.5) is 0 Å². The number of aromatic amines is 1. The van der Waals surface area contributed by atoms with Gasteiger partial charge in [0, 0.05) is 29.8 Å². The molecule has 7 heteroatoms. The Balaban J connectivity index is 2.13. The van der Waals surface area contributed by atoms with Gasteiger partial charge in [0.1, 0.15) is 23.5 Å². The number of rotatable bonds is 3. The van der Waals surface area contributed by atoms with Crippen LogP contribution in [0.2, 0.25) is 5.02 Å². The van der Waals surface area contributed by atoms with Crippen molar-refractivity contribution in [3.63, 3.8) is 0 Å². The molecule has 0 bridgehead atoms. The lowest BCUT2D eigenvalue weighted by atomic mass is 10.2. The van der Waals surface area contributed by atoms with E-state index in [9.17, 15) is 9.59 Å². The highest BCUT2D eigenvalue weighted by atomic mass is 35.5. The molecule has 6 nitrogen and oxygen atoms in total. The summed E-state index contributed by atoms with van der Waals surface area (Å²) in [5, 5.41) is -0.0162. The molecular formula is C12H10ClN3O3. The molecule has 0 aromatic carbocycles. The molecule has 0 atom stereocenters. The molecule has 98 valence electrons. The number of nitrogens with one attached hydrogen (secondary N) is 1. The highest BCUT2D eigenvalue weighted by Gasteiger charge is 2.15. The molecule has 2 aromatic heterocycles. The van der Waals surface area contributed by atoms with E-state index < -0.39 is 11.4 Å². The first-order valence-corrected chi connectivity index (χ1v) is 5.76. The molecule has 0 unspecified atom stereocenters. The number of nitrogens with zero attached hydrogens (tertiary/aromatic N) is 2. The molecule has 0 aliphatic heterocycles. The van der Waals surface area contributed by atoms with Crippen LogP contribution < -0.4 is 5.43 Å². The molecule has 1 N–H and O–H groups in total. The quantitative estimate of drug-likeness (QED) is 0.860. The fourth-order valence-electron chi connectivity index (χ4n) is 1.38. The van der Waals surface area contributed by atoms with Crippen LogP contribution in [0.3, 0.4) is 0 Å². The number of carbonyl (C=O) groups excluding carboxylic acids is 1. The van der Waals surface area contributed by atoms with Crippen LogP contribution in [0.15, 0.2) is 29.7 Å². The van der Waals surface area contributed by atoms with Gasteiger partial charge in [-0.15, -0.1) is 0 Å². The van der Waals surface area contributed by atoms with Crippen LogP contribution in [0.1, 0.15) is 21.6 Å². The molecule has 2 rings (SSSR count). The van der Waals surface area contributed by atoms with Crippen molar-refractivity contribution in [2.24, 2.45) is 0 Å². The fraction of sp³-hybridized carbons (Fsp3) is 0.167. The van der Waals surface area contributed by atoms with Crippen molar-refractivity contribution in [3.8, 4) is 0 Å². The molecule has 2 aromatic rings. The van der Waals surface area contributed by atoms with Gasteiger partial charge in [-0.25, -0.2) is 14.8 Å². The highest BCUT2D eigenvalue weighted by molar-refractivity contribution is 6.31. The summed E-state index contributed by atoms with van der Waals surface area (Å²) in [5.41, 5.74) is 0.449. The van der Waals surface area contributed by atoms with E-state index in [1.54, 1.807) is 6.92 Å². The van der Waals surface area contributed by atoms with E-state index in [-0.39, 0.29) is 17.2 Å². The van der Waals surface area contributed by atoms with Gasteiger partial charge < -0.3 is 9.72 Å². The van der Waals surface area contributed by atoms with E-state index in [0.717, 1.165) is 0 Å². The van der Waals surface area contributed by atoms with Gasteiger partial charge in [-0.3, -0.25) is 4.79 Å². The minimum Gasteiger partial charge on any atom is -0.457 e. The maximum atomic E-state index is 11.8. The minimum absolute atomic E-state index is 0.00932. The highest BCUT2D eigenvalue weighted by Crippen LogP contribution is 2.08. The second-order valence-electron chi connectivity index (χ2n) is 3.79. The Morgan fingerprint density at radius 1 is 1.42 bits per heavy atom. The summed E-state index contributed by atoms with van der Waals surface area (Å²) in [6.45, 7) is 1.63. The smallest absolute Gasteiger partial charge is 0.344 e. The van der Waals surface area contributed by atoms with Gasteiger partial charge in [0.2, 0.25) is 5.43 Å². The maximum absolute atomic E-state index is 11.8. The molecule has 2 heterocycles. The molecule has 0 fully saturated rings. The van der Waals surface area contributed by atoms with Crippen LogP contribution in [0, 0.1) is 6.92 Å². The Morgan fingerprint density at radius 3 is 2.79 bits per heavy atom. The summed E-state index contributed by atoms with van der Waals surface area (Å²) >= 11 is 5.77. The Bertz CT molecular complexity index is 655. The molecule has 0 saturated heterocycles. The molecule has 0 radical (unpaired) electrons. The number of hydrogen-bond donors (Lipinski definition) is 1. The molecular weight excluding hydrogens is 270 g/mol. The molecule has 0 amide bonds. The van der Waals surface area contributed by atoms with Crippen LogP contribution in [-0.4, -0.2) is 20.9 Å². The monoisotopic (exact) mass is 279 g/mol. The average molecular weight is 280 g/mol. The molecule has 0 spiro atoms. The zero-order valence-corrected chi connectivity index (χ0v) is 10.8. The molecule has 0 saturated carbocycles. The summed E-state index contributed by atoms with van der Waals surface area (Å²) in [7, 11) is 0. The van der Waals surface area contributed by atoms with Gasteiger partial charge in [0.15, 0.2) is 0 Å². The number of pyridine rings is 1. The summed E-state index contributed by atoms with van der Waals surface area (Å²) in [5.74, 6) is -0.744. The lowest BCUT2D eigenvalue weighted by Crippen LogP contribution is -2.19. The topological polar surface area (TPSA) is 84.9 Å². The second kappa shape index (κ2) is 5.62. The summed E-state index contributed by atoms with van der Waals surface area (Å²) in [4.78, 5) is 33.8. The molecule has 0 aliphatic rings. The second-order valence-corrected chi connectivity index (χ2v) is 4.17. The summed E-state index contributed by atoms with van der Waals surface area (Å²) in [6.07, 6.45) is 5.70. The minimum atomic E-state index is -0.744. The van der Waals surface area contributed by atoms with Gasteiger partial charge in [0.05, 0.1) is 0 Å². The van der Waals surface area contributed by atoms with E-state index in [0.29, 0.717) is 11.3 Å². The first kappa shape index (κ1) is 13.2. The molecule has 19 heavy (non-hydrogen) atoms. The zero-order valence-electron chi connectivity index (χ0n) is 10.0. The first-order valence-electron chi connectivity index (χ1n) is 5.38. The number of hydrogen-bond acceptors (Lipinski definition) is 5. The number of carbonyl (C=O) groups is 1. The maximum Gasteiger partial charge on any atom is 0.344 e. The SMILES string of the molecule is Cc1[nH]cc(C(=O)OCc2cncnc2)c(=O)c1Cl. The third-order valence-corrected chi connectivity index (χ3v) is 2.87. The Hall–Kier alpha value is -2.21. The van der Waals surface area contributed by atoms with Crippen LogP contribution in [-0.2, 0) is 11.3 Å². The number of halogens is 1.